The minimum atomic E-state index is -4.20. The summed E-state index contributed by atoms with van der Waals surface area (Å²) < 4.78 is 45.8. The Bertz CT molecular complexity index is 1640. The van der Waals surface area contributed by atoms with Gasteiger partial charge in [0, 0.05) is 4.88 Å². The summed E-state index contributed by atoms with van der Waals surface area (Å²) in [4.78, 5) is 42.6. The number of ether oxygens (including phenoxy) is 1. The van der Waals surface area contributed by atoms with E-state index in [0.717, 1.165) is 47.5 Å². The number of fused-ring (bicyclic) bond motifs is 2. The highest BCUT2D eigenvalue weighted by atomic mass is 32.2. The first-order valence-electron chi connectivity index (χ1n) is 11.6. The number of nitrogens with one attached hydrogen (secondary N) is 1. The number of terminal acetylenes is 1. The van der Waals surface area contributed by atoms with E-state index in [2.05, 4.69) is 16.2 Å². The molecule has 2 aromatic heterocycles. The molecular weight excluding hydrogens is 553 g/mol. The molecule has 2 heterocycles. The van der Waals surface area contributed by atoms with Crippen LogP contribution in [0.5, 0.6) is 0 Å². The summed E-state index contributed by atoms with van der Waals surface area (Å²) in [5.74, 6) is -2.50. The minimum absolute atomic E-state index is 0.0419. The molecule has 0 spiro atoms. The van der Waals surface area contributed by atoms with Gasteiger partial charge in [-0.15, -0.1) is 17.8 Å². The third-order valence-electron chi connectivity index (χ3n) is 5.87. The fourth-order valence-corrected chi connectivity index (χ4v) is 7.65. The van der Waals surface area contributed by atoms with Crippen LogP contribution < -0.4 is 10.1 Å². The lowest BCUT2D eigenvalue weighted by Crippen LogP contribution is -2.28. The first-order chi connectivity index (χ1) is 18.1. The second-order valence-electron chi connectivity index (χ2n) is 8.63. The quantitative estimate of drug-likeness (QED) is 0.262. The van der Waals surface area contributed by atoms with E-state index in [1.54, 1.807) is 0 Å². The topological polar surface area (TPSA) is 124 Å². The third kappa shape index (κ3) is 6.20. The van der Waals surface area contributed by atoms with Gasteiger partial charge in [0.1, 0.15) is 22.3 Å². The first kappa shape index (κ1) is 27.7. The van der Waals surface area contributed by atoms with E-state index < -0.39 is 44.9 Å². The van der Waals surface area contributed by atoms with Gasteiger partial charge in [0.05, 0.1) is 29.4 Å². The molecule has 0 fully saturated rings. The number of thiazole rings is 1. The monoisotopic (exact) mass is 577 g/mol. The number of aryl methyl sites for hydroxylation is 1. The molecule has 1 aliphatic carbocycles. The van der Waals surface area contributed by atoms with Crippen LogP contribution in [0.1, 0.15) is 40.1 Å². The van der Waals surface area contributed by atoms with E-state index in [4.69, 9.17) is 11.2 Å². The zero-order valence-electron chi connectivity index (χ0n) is 20.4. The molecule has 0 saturated carbocycles. The number of amides is 2. The van der Waals surface area contributed by atoms with Gasteiger partial charge in [-0.05, 0) is 49.4 Å². The normalized spacial score (nSPS) is 14.0. The molecule has 4 rings (SSSR count). The molecular formula is C25H24FN3O6S3. The maximum Gasteiger partial charge on any atom is 0.341 e. The smallest absolute Gasteiger partial charge is 0.341 e. The minimum Gasteiger partial charge on any atom is -0.465 e. The van der Waals surface area contributed by atoms with Crippen molar-refractivity contribution in [1.29, 1.82) is 0 Å². The number of esters is 1. The van der Waals surface area contributed by atoms with Crippen LogP contribution in [0.4, 0.5) is 9.39 Å². The van der Waals surface area contributed by atoms with Crippen molar-refractivity contribution in [3.8, 4) is 12.3 Å². The van der Waals surface area contributed by atoms with Crippen molar-refractivity contribution in [2.24, 2.45) is 4.99 Å². The number of nitrogens with zero attached hydrogens (tertiary/aromatic N) is 2. The maximum atomic E-state index is 13.6. The van der Waals surface area contributed by atoms with Crippen LogP contribution in [0.25, 0.3) is 10.2 Å². The molecule has 0 atom stereocenters. The molecule has 13 heteroatoms. The second kappa shape index (κ2) is 11.6. The Morgan fingerprint density at radius 2 is 1.95 bits per heavy atom. The SMILES string of the molecule is C#CCn1c(=NC(=O)CS(=O)(=O)CC(=O)Nc2sc3c(c2C(=O)OC)CCCCC3)sc2cc(F)ccc21. The van der Waals surface area contributed by atoms with Crippen molar-refractivity contribution in [3.05, 3.63) is 44.8 Å². The Morgan fingerprint density at radius 1 is 1.18 bits per heavy atom. The van der Waals surface area contributed by atoms with Crippen LogP contribution >= 0.6 is 22.7 Å². The van der Waals surface area contributed by atoms with Gasteiger partial charge in [-0.3, -0.25) is 9.59 Å². The summed E-state index contributed by atoms with van der Waals surface area (Å²) in [7, 11) is -2.96. The lowest BCUT2D eigenvalue weighted by Gasteiger charge is -2.07. The van der Waals surface area contributed by atoms with Gasteiger partial charge in [-0.1, -0.05) is 23.7 Å². The van der Waals surface area contributed by atoms with Crippen molar-refractivity contribution in [2.45, 2.75) is 38.6 Å². The zero-order chi connectivity index (χ0) is 27.4. The number of thiophene rings is 1. The van der Waals surface area contributed by atoms with Gasteiger partial charge < -0.3 is 14.6 Å². The molecule has 2 amide bonds. The van der Waals surface area contributed by atoms with E-state index in [1.165, 1.54) is 41.2 Å². The number of hydrogen-bond donors (Lipinski definition) is 1. The molecule has 0 radical (unpaired) electrons. The second-order valence-corrected chi connectivity index (χ2v) is 12.8. The van der Waals surface area contributed by atoms with E-state index in [0.29, 0.717) is 16.6 Å². The molecule has 38 heavy (non-hydrogen) atoms. The van der Waals surface area contributed by atoms with E-state index >= 15 is 0 Å². The number of sulfone groups is 1. The number of aromatic nitrogens is 1. The first-order valence-corrected chi connectivity index (χ1v) is 15.1. The summed E-state index contributed by atoms with van der Waals surface area (Å²) in [5.41, 5.74) is 1.64. The Kier molecular flexibility index (Phi) is 8.44. The zero-order valence-corrected chi connectivity index (χ0v) is 22.9. The number of carbonyl (C=O) groups excluding carboxylic acids is 3. The predicted molar refractivity (Wildman–Crippen MR) is 143 cm³/mol. The Labute approximate surface area is 226 Å². The molecule has 1 N–H and O–H groups in total. The Balaban J connectivity index is 1.51. The summed E-state index contributed by atoms with van der Waals surface area (Å²) in [6.07, 6.45) is 9.72. The summed E-state index contributed by atoms with van der Waals surface area (Å²) in [6.45, 7) is 0.0419. The highest BCUT2D eigenvalue weighted by molar-refractivity contribution is 7.92. The van der Waals surface area contributed by atoms with Gasteiger partial charge in [0.2, 0.25) is 5.91 Å². The highest BCUT2D eigenvalue weighted by Crippen LogP contribution is 2.38. The van der Waals surface area contributed by atoms with Crippen molar-refractivity contribution in [1.82, 2.24) is 4.57 Å². The molecule has 1 aliphatic rings. The number of halogens is 1. The average molecular weight is 578 g/mol. The number of methoxy groups -OCH3 is 1. The fourth-order valence-electron chi connectivity index (χ4n) is 4.27. The van der Waals surface area contributed by atoms with Gasteiger partial charge in [0.15, 0.2) is 14.6 Å². The lowest BCUT2D eigenvalue weighted by atomic mass is 10.1. The fraction of sp³-hybridized carbons (Fsp3) is 0.360. The van der Waals surface area contributed by atoms with Crippen LogP contribution in [0.3, 0.4) is 0 Å². The lowest BCUT2D eigenvalue weighted by molar-refractivity contribution is -0.115. The highest BCUT2D eigenvalue weighted by Gasteiger charge is 2.28. The van der Waals surface area contributed by atoms with Gasteiger partial charge >= 0.3 is 5.97 Å². The van der Waals surface area contributed by atoms with Crippen LogP contribution in [0.15, 0.2) is 23.2 Å². The Hall–Kier alpha value is -3.34. The van der Waals surface area contributed by atoms with Crippen molar-refractivity contribution >= 4 is 65.5 Å². The van der Waals surface area contributed by atoms with Crippen LogP contribution in [-0.4, -0.2) is 49.4 Å². The number of rotatable bonds is 7. The largest absolute Gasteiger partial charge is 0.465 e. The number of hydrogen-bond acceptors (Lipinski definition) is 8. The molecule has 0 bridgehead atoms. The molecule has 0 saturated heterocycles. The van der Waals surface area contributed by atoms with Crippen LogP contribution in [0, 0.1) is 18.2 Å². The predicted octanol–water partition coefficient (Wildman–Crippen LogP) is 3.07. The van der Waals surface area contributed by atoms with Crippen LogP contribution in [-0.2, 0) is 43.5 Å². The molecule has 3 aromatic rings. The van der Waals surface area contributed by atoms with Gasteiger partial charge in [-0.2, -0.15) is 4.99 Å². The standard InChI is InChI=1S/C25H24FN3O6S3/c1-3-11-29-17-10-9-15(26)12-19(17)37-25(29)28-21(31)14-38(33,34)13-20(30)27-23-22(24(32)35-2)16-7-5-4-6-8-18(16)36-23/h1,9-10,12H,4-8,11,13-14H2,2H3,(H,27,30). The van der Waals surface area contributed by atoms with E-state index in [-0.39, 0.29) is 21.9 Å². The van der Waals surface area contributed by atoms with Crippen molar-refractivity contribution < 1.29 is 31.9 Å². The number of benzene rings is 1. The average Bonchev–Trinajstić information content (AvgIpc) is 3.24. The third-order valence-corrected chi connectivity index (χ3v) is 9.51. The van der Waals surface area contributed by atoms with Gasteiger partial charge in [0.25, 0.3) is 5.91 Å². The molecule has 1 aromatic carbocycles. The number of carbonyl (C=O) groups is 3. The molecule has 0 unspecified atom stereocenters. The summed E-state index contributed by atoms with van der Waals surface area (Å²) in [5, 5.41) is 2.77. The summed E-state index contributed by atoms with van der Waals surface area (Å²) >= 11 is 2.23. The van der Waals surface area contributed by atoms with Crippen molar-refractivity contribution in [3.63, 3.8) is 0 Å². The van der Waals surface area contributed by atoms with Crippen molar-refractivity contribution in [2.75, 3.05) is 23.9 Å². The summed E-state index contributed by atoms with van der Waals surface area (Å²) in [6, 6.07) is 4.01. The Morgan fingerprint density at radius 3 is 2.68 bits per heavy atom. The molecule has 200 valence electrons. The van der Waals surface area contributed by atoms with Gasteiger partial charge in [-0.25, -0.2) is 17.6 Å². The molecule has 0 aliphatic heterocycles. The number of anilines is 1. The maximum absolute atomic E-state index is 13.6. The van der Waals surface area contributed by atoms with Crippen LogP contribution in [0.2, 0.25) is 0 Å². The van der Waals surface area contributed by atoms with E-state index in [9.17, 15) is 27.2 Å². The molecule has 9 nitrogen and oxygen atoms in total. The van der Waals surface area contributed by atoms with E-state index in [1.807, 2.05) is 0 Å².